The van der Waals surface area contributed by atoms with Crippen molar-refractivity contribution in [3.8, 4) is 5.75 Å². The topological polar surface area (TPSA) is 77.4 Å². The van der Waals surface area contributed by atoms with E-state index in [9.17, 15) is 18.1 Å². The molecule has 0 unspecified atom stereocenters. The standard InChI is InChI=1S/C23H40O4S.Na/c1-2-3-4-5-6-7-8-9-10-11-12-13-14-15-16-17-21-18-19-22(24)20-23(21)28(25,26)27;/h18-20,24H,2-17H2,1H3,(H,25,26,27);/q;+1/p-1. The van der Waals surface area contributed by atoms with E-state index in [4.69, 9.17) is 0 Å². The summed E-state index contributed by atoms with van der Waals surface area (Å²) in [5, 5.41) is 11.3. The van der Waals surface area contributed by atoms with Crippen LogP contribution < -0.4 is 34.7 Å². The van der Waals surface area contributed by atoms with Crippen molar-refractivity contribution in [2.45, 2.75) is 115 Å². The first-order valence-electron chi connectivity index (χ1n) is 11.2. The number of rotatable bonds is 17. The summed E-state index contributed by atoms with van der Waals surface area (Å²) in [6.07, 6.45) is 19.8. The molecule has 0 radical (unpaired) electrons. The first kappa shape index (κ1) is 28.9. The number of hydrogen-bond acceptors (Lipinski definition) is 3. The summed E-state index contributed by atoms with van der Waals surface area (Å²) in [6, 6.07) is 3.89. The minimum absolute atomic E-state index is 0. The van der Waals surface area contributed by atoms with Crippen molar-refractivity contribution >= 4 is 10.1 Å². The summed E-state index contributed by atoms with van der Waals surface area (Å²) in [6.45, 7) is 2.26. The van der Waals surface area contributed by atoms with Gasteiger partial charge >= 0.3 is 29.6 Å². The largest absolute Gasteiger partial charge is 1.00 e. The van der Waals surface area contributed by atoms with Crippen LogP contribution in [0.3, 0.4) is 0 Å². The zero-order valence-electron chi connectivity index (χ0n) is 18.6. The Morgan fingerprint density at radius 2 is 1.17 bits per heavy atom. The van der Waals surface area contributed by atoms with Gasteiger partial charge in [0.15, 0.2) is 0 Å². The summed E-state index contributed by atoms with van der Waals surface area (Å²) in [5.41, 5.74) is 0.539. The van der Waals surface area contributed by atoms with E-state index in [1.54, 1.807) is 0 Å². The monoisotopic (exact) mass is 434 g/mol. The molecule has 6 heteroatoms. The van der Waals surface area contributed by atoms with Gasteiger partial charge in [-0.15, -0.1) is 5.75 Å². The van der Waals surface area contributed by atoms with Crippen molar-refractivity contribution < 1.29 is 47.6 Å². The van der Waals surface area contributed by atoms with E-state index in [1.807, 2.05) is 0 Å². The van der Waals surface area contributed by atoms with E-state index in [2.05, 4.69) is 6.92 Å². The molecular weight excluding hydrogens is 395 g/mol. The summed E-state index contributed by atoms with van der Waals surface area (Å²) >= 11 is 0. The molecule has 1 aromatic carbocycles. The Balaban J connectivity index is 0.00000784. The molecule has 0 fully saturated rings. The maximum absolute atomic E-state index is 11.4. The number of aryl methyl sites for hydroxylation is 1. The first-order valence-corrected chi connectivity index (χ1v) is 12.7. The Labute approximate surface area is 200 Å². The Bertz CT molecular complexity index is 632. The summed E-state index contributed by atoms with van der Waals surface area (Å²) in [7, 11) is -4.33. The van der Waals surface area contributed by atoms with Crippen molar-refractivity contribution in [1.29, 1.82) is 0 Å². The van der Waals surface area contributed by atoms with E-state index in [0.29, 0.717) is 12.0 Å². The van der Waals surface area contributed by atoms with Crippen molar-refractivity contribution in [2.24, 2.45) is 0 Å². The quantitative estimate of drug-likeness (QED) is 0.231. The average Bonchev–Trinajstić information content (AvgIpc) is 2.65. The van der Waals surface area contributed by atoms with E-state index < -0.39 is 15.9 Å². The predicted octanol–water partition coefficient (Wildman–Crippen LogP) is 3.42. The number of benzene rings is 1. The van der Waals surface area contributed by atoms with Crippen LogP contribution in [0.5, 0.6) is 5.75 Å². The maximum Gasteiger partial charge on any atom is 1.00 e. The summed E-state index contributed by atoms with van der Waals surface area (Å²) in [5.74, 6) is -0.395. The molecular formula is C23H39NaO4S. The summed E-state index contributed by atoms with van der Waals surface area (Å²) < 4.78 is 32.0. The minimum atomic E-state index is -4.33. The fraction of sp³-hybridized carbons (Fsp3) is 0.739. The minimum Gasteiger partial charge on any atom is -0.872 e. The molecule has 0 aliphatic heterocycles. The van der Waals surface area contributed by atoms with Crippen LogP contribution in [0, 0.1) is 0 Å². The first-order chi connectivity index (χ1) is 13.4. The molecule has 0 aromatic heterocycles. The molecule has 1 aromatic rings. The van der Waals surface area contributed by atoms with Crippen molar-refractivity contribution in [1.82, 2.24) is 0 Å². The second-order valence-corrected chi connectivity index (χ2v) is 9.33. The zero-order chi connectivity index (χ0) is 20.7. The van der Waals surface area contributed by atoms with Gasteiger partial charge in [-0.2, -0.15) is 8.42 Å². The molecule has 0 aliphatic carbocycles. The molecule has 0 saturated carbocycles. The maximum atomic E-state index is 11.4. The molecule has 29 heavy (non-hydrogen) atoms. The fourth-order valence-electron chi connectivity index (χ4n) is 3.67. The van der Waals surface area contributed by atoms with E-state index in [0.717, 1.165) is 25.3 Å². The molecule has 0 saturated heterocycles. The van der Waals surface area contributed by atoms with Gasteiger partial charge in [0.1, 0.15) is 0 Å². The molecule has 0 amide bonds. The van der Waals surface area contributed by atoms with Gasteiger partial charge in [-0.3, -0.25) is 4.55 Å². The summed E-state index contributed by atoms with van der Waals surface area (Å²) in [4.78, 5) is -0.231. The number of unbranched alkanes of at least 4 members (excludes halogenated alkanes) is 14. The predicted molar refractivity (Wildman–Crippen MR) is 114 cm³/mol. The molecule has 0 atom stereocenters. The molecule has 162 valence electrons. The van der Waals surface area contributed by atoms with E-state index in [-0.39, 0.29) is 34.5 Å². The van der Waals surface area contributed by atoms with Gasteiger partial charge in [0.25, 0.3) is 10.1 Å². The van der Waals surface area contributed by atoms with Gasteiger partial charge in [-0.25, -0.2) is 0 Å². The van der Waals surface area contributed by atoms with Crippen LogP contribution in [-0.4, -0.2) is 13.0 Å². The van der Waals surface area contributed by atoms with Crippen LogP contribution >= 0.6 is 0 Å². The van der Waals surface area contributed by atoms with E-state index in [1.165, 1.54) is 89.2 Å². The van der Waals surface area contributed by atoms with Crippen molar-refractivity contribution in [3.05, 3.63) is 23.8 Å². The molecule has 1 N–H and O–H groups in total. The Morgan fingerprint density at radius 1 is 0.759 bits per heavy atom. The van der Waals surface area contributed by atoms with Gasteiger partial charge in [-0.1, -0.05) is 109 Å². The van der Waals surface area contributed by atoms with Crippen LogP contribution in [0.1, 0.15) is 109 Å². The van der Waals surface area contributed by atoms with Gasteiger partial charge in [0, 0.05) is 0 Å². The average molecular weight is 435 g/mol. The van der Waals surface area contributed by atoms with Gasteiger partial charge in [0.2, 0.25) is 0 Å². The van der Waals surface area contributed by atoms with Gasteiger partial charge < -0.3 is 5.11 Å². The Morgan fingerprint density at radius 3 is 1.59 bits per heavy atom. The van der Waals surface area contributed by atoms with Crippen LogP contribution in [0.2, 0.25) is 0 Å². The van der Waals surface area contributed by atoms with Crippen molar-refractivity contribution in [3.63, 3.8) is 0 Å². The molecule has 0 aliphatic rings. The second-order valence-electron chi connectivity index (χ2n) is 7.94. The molecule has 0 bridgehead atoms. The Hall–Kier alpha value is -0.0700. The van der Waals surface area contributed by atoms with Crippen LogP contribution in [0.15, 0.2) is 23.1 Å². The molecule has 1 rings (SSSR count). The fourth-order valence-corrected chi connectivity index (χ4v) is 4.43. The third kappa shape index (κ3) is 14.5. The third-order valence-electron chi connectivity index (χ3n) is 5.37. The number of hydrogen-bond donors (Lipinski definition) is 1. The third-order valence-corrected chi connectivity index (χ3v) is 6.30. The second kappa shape index (κ2) is 17.6. The van der Waals surface area contributed by atoms with Gasteiger partial charge in [0.05, 0.1) is 4.90 Å². The van der Waals surface area contributed by atoms with Crippen molar-refractivity contribution in [2.75, 3.05) is 0 Å². The van der Waals surface area contributed by atoms with Crippen LogP contribution in [0.4, 0.5) is 0 Å². The molecule has 0 spiro atoms. The van der Waals surface area contributed by atoms with Gasteiger partial charge in [-0.05, 0) is 24.5 Å². The molecule has 0 heterocycles. The van der Waals surface area contributed by atoms with Crippen LogP contribution in [0.25, 0.3) is 0 Å². The normalized spacial score (nSPS) is 11.4. The zero-order valence-corrected chi connectivity index (χ0v) is 21.4. The van der Waals surface area contributed by atoms with Crippen LogP contribution in [-0.2, 0) is 16.5 Å². The smallest absolute Gasteiger partial charge is 0.872 e. The SMILES string of the molecule is CCCCCCCCCCCCCCCCCc1ccc([O-])cc1S(=O)(=O)O.[Na+]. The van der Waals surface area contributed by atoms with E-state index >= 15 is 0 Å². The Kier molecular flexibility index (Phi) is 17.6. The molecule has 4 nitrogen and oxygen atoms in total.